The van der Waals surface area contributed by atoms with Crippen molar-refractivity contribution in [1.29, 1.82) is 0 Å². The molecule has 0 saturated carbocycles. The Bertz CT molecular complexity index is 1600. The Balaban J connectivity index is 1.59. The van der Waals surface area contributed by atoms with E-state index in [9.17, 15) is 10.2 Å². The molecule has 2 N–H and O–H groups in total. The average Bonchev–Trinajstić information content (AvgIpc) is 3.11. The fraction of sp³-hybridized carbons (Fsp3) is 0.409. The van der Waals surface area contributed by atoms with Crippen molar-refractivity contribution in [3.63, 3.8) is 0 Å². The monoisotopic (exact) mass is 672 g/mol. The predicted molar refractivity (Wildman–Crippen MR) is 205 cm³/mol. The molecule has 0 amide bonds. The lowest BCUT2D eigenvalue weighted by atomic mass is 9.90. The number of phenols is 2. The minimum absolute atomic E-state index is 0.297. The minimum atomic E-state index is 0.297. The number of aromatic hydroxyl groups is 2. The number of nitrogens with zero attached hydrogens (tertiary/aromatic N) is 2. The van der Waals surface area contributed by atoms with Gasteiger partial charge in [-0.1, -0.05) is 75.9 Å². The predicted octanol–water partition coefficient (Wildman–Crippen LogP) is 9.54. The zero-order valence-electron chi connectivity index (χ0n) is 29.8. The van der Waals surface area contributed by atoms with Gasteiger partial charge < -0.3 is 19.7 Å². The Labute approximate surface area is 297 Å². The summed E-state index contributed by atoms with van der Waals surface area (Å²) in [7, 11) is 0. The third-order valence-electron chi connectivity index (χ3n) is 9.67. The quantitative estimate of drug-likeness (QED) is 0.188. The van der Waals surface area contributed by atoms with Crippen molar-refractivity contribution in [3.05, 3.63) is 116 Å². The Hall–Kier alpha value is -4.58. The van der Waals surface area contributed by atoms with Crippen LogP contribution in [-0.2, 0) is 25.7 Å². The van der Waals surface area contributed by atoms with Gasteiger partial charge in [0.1, 0.15) is 23.0 Å². The number of phenolic OH excluding ortho intramolecular Hbond substituents is 2. The summed E-state index contributed by atoms with van der Waals surface area (Å²) in [6.45, 7) is 6.95. The van der Waals surface area contributed by atoms with Gasteiger partial charge in [0.05, 0.1) is 13.2 Å². The highest BCUT2D eigenvalue weighted by Crippen LogP contribution is 2.39. The summed E-state index contributed by atoms with van der Waals surface area (Å²) in [6.07, 6.45) is 14.6. The minimum Gasteiger partial charge on any atom is -0.507 e. The summed E-state index contributed by atoms with van der Waals surface area (Å²) in [5, 5.41) is 23.9. The van der Waals surface area contributed by atoms with E-state index in [4.69, 9.17) is 19.5 Å². The Morgan fingerprint density at radius 3 is 1.18 bits per heavy atom. The second-order valence-corrected chi connectivity index (χ2v) is 13.8. The molecule has 0 spiro atoms. The molecule has 0 radical (unpaired) electrons. The molecule has 262 valence electrons. The van der Waals surface area contributed by atoms with Gasteiger partial charge in [0, 0.05) is 51.2 Å². The first-order valence-corrected chi connectivity index (χ1v) is 18.7. The Morgan fingerprint density at radius 2 is 0.840 bits per heavy atom. The van der Waals surface area contributed by atoms with Crippen molar-refractivity contribution >= 4 is 12.4 Å². The van der Waals surface area contributed by atoms with Gasteiger partial charge in [0.25, 0.3) is 0 Å². The molecule has 6 rings (SSSR count). The van der Waals surface area contributed by atoms with E-state index in [2.05, 4.69) is 74.5 Å². The number of para-hydroxylation sites is 2. The molecule has 50 heavy (non-hydrogen) atoms. The van der Waals surface area contributed by atoms with Crippen molar-refractivity contribution in [2.45, 2.75) is 90.9 Å². The van der Waals surface area contributed by atoms with Crippen LogP contribution < -0.4 is 9.47 Å². The maximum Gasteiger partial charge on any atom is 0.126 e. The van der Waals surface area contributed by atoms with Crippen LogP contribution in [0.15, 0.2) is 70.6 Å². The van der Waals surface area contributed by atoms with E-state index in [-0.39, 0.29) is 0 Å². The van der Waals surface area contributed by atoms with Gasteiger partial charge in [-0.3, -0.25) is 9.98 Å². The normalized spacial score (nSPS) is 15.2. The van der Waals surface area contributed by atoms with Crippen LogP contribution in [0.1, 0.15) is 121 Å². The number of hydrogen-bond acceptors (Lipinski definition) is 6. The van der Waals surface area contributed by atoms with Crippen LogP contribution >= 0.6 is 0 Å². The molecule has 1 aliphatic heterocycles. The van der Waals surface area contributed by atoms with Gasteiger partial charge in [-0.25, -0.2) is 0 Å². The highest BCUT2D eigenvalue weighted by Gasteiger charge is 2.21. The maximum absolute atomic E-state index is 11.9. The van der Waals surface area contributed by atoms with Gasteiger partial charge in [-0.2, -0.15) is 0 Å². The van der Waals surface area contributed by atoms with Crippen LogP contribution in [0.5, 0.6) is 23.0 Å². The van der Waals surface area contributed by atoms with Gasteiger partial charge in [0.15, 0.2) is 0 Å². The average molecular weight is 673 g/mol. The van der Waals surface area contributed by atoms with E-state index in [0.29, 0.717) is 50.4 Å². The summed E-state index contributed by atoms with van der Waals surface area (Å²) in [5.41, 5.74) is 9.33. The second kappa shape index (κ2) is 17.4. The number of rotatable bonds is 6. The third-order valence-corrected chi connectivity index (χ3v) is 9.67. The molecule has 0 aromatic heterocycles. The van der Waals surface area contributed by atoms with E-state index < -0.39 is 0 Å². The molecule has 10 bridgehead atoms. The molecular formula is C44H52N2O4. The molecule has 4 aromatic carbocycles. The van der Waals surface area contributed by atoms with E-state index in [0.717, 1.165) is 106 Å². The summed E-state index contributed by atoms with van der Waals surface area (Å²) >= 11 is 0. The van der Waals surface area contributed by atoms with E-state index in [1.807, 2.05) is 12.4 Å². The zero-order chi connectivity index (χ0) is 34.7. The molecule has 6 heteroatoms. The number of ether oxygens (including phenoxy) is 2. The van der Waals surface area contributed by atoms with Gasteiger partial charge in [-0.15, -0.1) is 0 Å². The lowest BCUT2D eigenvalue weighted by molar-refractivity contribution is 0.311. The Kier molecular flexibility index (Phi) is 12.3. The number of hydrogen-bond donors (Lipinski definition) is 2. The van der Waals surface area contributed by atoms with Crippen molar-refractivity contribution in [3.8, 4) is 23.0 Å². The molecule has 0 saturated heterocycles. The maximum atomic E-state index is 11.9. The molecule has 1 aliphatic carbocycles. The first-order chi connectivity index (χ1) is 24.5. The van der Waals surface area contributed by atoms with Crippen LogP contribution in [0.25, 0.3) is 0 Å². The number of aliphatic imine (C=N–C) groups is 2. The van der Waals surface area contributed by atoms with Crippen LogP contribution in [0.4, 0.5) is 0 Å². The van der Waals surface area contributed by atoms with Crippen molar-refractivity contribution in [2.75, 3.05) is 26.3 Å². The molecule has 4 aromatic rings. The standard InChI is InChI=1S/C44H52N2O4/c1-3-19-49-43-33-13-11-14-34(43)26-38-22-32-24-40(42(38)48)28-36-16-12-15-35(44(36)50-20-4-2)27-39-23-31(21-37(25-33)41(39)47)29-45-17-9-7-5-6-8-10-18-46-30-32/h11-16,21-24,29-30,47-48H,3-10,17-20,25-28H2,1-2H3. The summed E-state index contributed by atoms with van der Waals surface area (Å²) in [6, 6.07) is 20.8. The SMILES string of the molecule is CCCOc1c2cccc1Cc1cc3cc(c1O)Cc1cccc(c1OCCC)Cc1cc(cc(c1O)C2)C=NCCCCCCCCN=C3. The van der Waals surface area contributed by atoms with Crippen LogP contribution in [0.3, 0.4) is 0 Å². The molecule has 6 nitrogen and oxygen atoms in total. The second-order valence-electron chi connectivity index (χ2n) is 13.8. The van der Waals surface area contributed by atoms with Crippen LogP contribution in [-0.4, -0.2) is 48.9 Å². The van der Waals surface area contributed by atoms with E-state index in [1.54, 1.807) is 0 Å². The third kappa shape index (κ3) is 8.76. The first kappa shape index (κ1) is 35.3. The molecule has 0 unspecified atom stereocenters. The summed E-state index contributed by atoms with van der Waals surface area (Å²) < 4.78 is 13.0. The topological polar surface area (TPSA) is 83.6 Å². The van der Waals surface area contributed by atoms with Crippen molar-refractivity contribution < 1.29 is 19.7 Å². The largest absolute Gasteiger partial charge is 0.507 e. The van der Waals surface area contributed by atoms with Gasteiger partial charge in [0.2, 0.25) is 0 Å². The highest BCUT2D eigenvalue weighted by atomic mass is 16.5. The molecule has 0 atom stereocenters. The van der Waals surface area contributed by atoms with Crippen molar-refractivity contribution in [2.24, 2.45) is 9.98 Å². The Morgan fingerprint density at radius 1 is 0.500 bits per heavy atom. The molecule has 0 fully saturated rings. The number of fused-ring (bicyclic) bond motifs is 6. The fourth-order valence-corrected chi connectivity index (χ4v) is 7.15. The van der Waals surface area contributed by atoms with Crippen LogP contribution in [0.2, 0.25) is 0 Å². The first-order valence-electron chi connectivity index (χ1n) is 18.7. The highest BCUT2D eigenvalue weighted by molar-refractivity contribution is 5.82. The van der Waals surface area contributed by atoms with E-state index >= 15 is 0 Å². The summed E-state index contributed by atoms with van der Waals surface area (Å²) in [4.78, 5) is 9.67. The smallest absolute Gasteiger partial charge is 0.126 e. The summed E-state index contributed by atoms with van der Waals surface area (Å²) in [5.74, 6) is 2.23. The zero-order valence-corrected chi connectivity index (χ0v) is 29.8. The van der Waals surface area contributed by atoms with Gasteiger partial charge in [-0.05, 0) is 106 Å². The number of benzene rings is 4. The lowest BCUT2D eigenvalue weighted by Gasteiger charge is -2.21. The van der Waals surface area contributed by atoms with Gasteiger partial charge >= 0.3 is 0 Å². The lowest BCUT2D eigenvalue weighted by Crippen LogP contribution is -2.07. The molecule has 2 aliphatic rings. The molecular weight excluding hydrogens is 620 g/mol. The van der Waals surface area contributed by atoms with E-state index in [1.165, 1.54) is 25.7 Å². The molecule has 1 heterocycles. The fourth-order valence-electron chi connectivity index (χ4n) is 7.15. The van der Waals surface area contributed by atoms with Crippen LogP contribution in [0, 0.1) is 0 Å². The van der Waals surface area contributed by atoms with Crippen molar-refractivity contribution in [1.82, 2.24) is 0 Å².